The third-order valence-electron chi connectivity index (χ3n) is 6.27. The molecular weight excluding hydrogens is 484 g/mol. The number of thioether (sulfide) groups is 1. The Morgan fingerprint density at radius 3 is 2.49 bits per heavy atom. The van der Waals surface area contributed by atoms with Crippen LogP contribution in [-0.4, -0.2) is 51.9 Å². The summed E-state index contributed by atoms with van der Waals surface area (Å²) in [7, 11) is 0. The molecule has 0 aromatic carbocycles. The summed E-state index contributed by atoms with van der Waals surface area (Å²) in [5.74, 6) is 0.411. The summed E-state index contributed by atoms with van der Waals surface area (Å²) in [5.41, 5.74) is 0.932. The van der Waals surface area contributed by atoms with E-state index in [0.717, 1.165) is 0 Å². The molecule has 1 aromatic heterocycles. The van der Waals surface area contributed by atoms with Crippen LogP contribution in [0.1, 0.15) is 57.2 Å². The highest BCUT2D eigenvalue weighted by molar-refractivity contribution is 8.26. The molecule has 0 aliphatic carbocycles. The van der Waals surface area contributed by atoms with Crippen LogP contribution in [0.2, 0.25) is 0 Å². The van der Waals surface area contributed by atoms with Crippen molar-refractivity contribution < 1.29 is 14.3 Å². The number of hydrogen-bond donors (Lipinski definition) is 0. The number of aromatic nitrogens is 1. The first kappa shape index (κ1) is 27.0. The number of nitriles is 1. The minimum absolute atomic E-state index is 0.0703. The lowest BCUT2D eigenvalue weighted by atomic mass is 9.95. The number of amides is 1. The highest BCUT2D eigenvalue weighted by atomic mass is 32.2. The lowest BCUT2D eigenvalue weighted by Crippen LogP contribution is -2.41. The van der Waals surface area contributed by atoms with Crippen LogP contribution >= 0.6 is 24.0 Å². The molecule has 1 amide bonds. The van der Waals surface area contributed by atoms with Crippen LogP contribution in [0.5, 0.6) is 0 Å². The van der Waals surface area contributed by atoms with Crippen molar-refractivity contribution in [2.24, 2.45) is 11.8 Å². The van der Waals surface area contributed by atoms with E-state index in [-0.39, 0.29) is 34.8 Å². The van der Waals surface area contributed by atoms with Crippen molar-refractivity contribution in [1.82, 2.24) is 9.47 Å². The van der Waals surface area contributed by atoms with E-state index in [0.29, 0.717) is 71.8 Å². The number of pyridine rings is 1. The molecule has 0 spiro atoms. The van der Waals surface area contributed by atoms with Crippen molar-refractivity contribution in [1.29, 1.82) is 5.26 Å². The summed E-state index contributed by atoms with van der Waals surface area (Å²) >= 11 is 6.70. The highest BCUT2D eigenvalue weighted by Crippen LogP contribution is 2.37. The lowest BCUT2D eigenvalue weighted by Gasteiger charge is -2.35. The maximum absolute atomic E-state index is 13.2. The number of anilines is 1. The van der Waals surface area contributed by atoms with E-state index in [1.165, 1.54) is 11.8 Å². The van der Waals surface area contributed by atoms with Gasteiger partial charge < -0.3 is 9.64 Å². The van der Waals surface area contributed by atoms with Gasteiger partial charge in [0.15, 0.2) is 0 Å². The molecule has 35 heavy (non-hydrogen) atoms. The number of carbonyl (C=O) groups is 2. The van der Waals surface area contributed by atoms with Crippen LogP contribution in [0.4, 0.5) is 5.82 Å². The van der Waals surface area contributed by atoms with E-state index < -0.39 is 0 Å². The first-order chi connectivity index (χ1) is 16.6. The molecule has 2 saturated heterocycles. The minimum Gasteiger partial charge on any atom is -0.466 e. The van der Waals surface area contributed by atoms with E-state index in [4.69, 9.17) is 17.0 Å². The molecule has 2 aliphatic heterocycles. The largest absolute Gasteiger partial charge is 0.466 e. The van der Waals surface area contributed by atoms with E-state index in [2.05, 4.69) is 11.0 Å². The van der Waals surface area contributed by atoms with Crippen molar-refractivity contribution in [3.8, 4) is 6.07 Å². The molecule has 188 valence electrons. The summed E-state index contributed by atoms with van der Waals surface area (Å²) < 4.78 is 7.29. The molecule has 2 aliphatic rings. The zero-order valence-electron chi connectivity index (χ0n) is 20.9. The maximum Gasteiger partial charge on any atom is 0.309 e. The second-order valence-electron chi connectivity index (χ2n) is 9.10. The van der Waals surface area contributed by atoms with Crippen LogP contribution in [0.15, 0.2) is 9.70 Å². The number of ether oxygens (including phenoxy) is 1. The Kier molecular flexibility index (Phi) is 8.78. The molecule has 10 heteroatoms. The molecule has 0 atom stereocenters. The van der Waals surface area contributed by atoms with Gasteiger partial charge in [-0.1, -0.05) is 37.8 Å². The van der Waals surface area contributed by atoms with Gasteiger partial charge in [-0.3, -0.25) is 23.9 Å². The number of esters is 1. The summed E-state index contributed by atoms with van der Waals surface area (Å²) in [4.78, 5) is 42.7. The summed E-state index contributed by atoms with van der Waals surface area (Å²) in [6.07, 6.45) is 2.98. The number of hydrogen-bond acceptors (Lipinski definition) is 8. The Hall–Kier alpha value is -2.64. The van der Waals surface area contributed by atoms with Gasteiger partial charge >= 0.3 is 5.97 Å². The molecule has 1 aromatic rings. The van der Waals surface area contributed by atoms with Gasteiger partial charge in [-0.05, 0) is 51.2 Å². The Labute approximate surface area is 215 Å². The van der Waals surface area contributed by atoms with Crippen LogP contribution in [-0.2, 0) is 20.9 Å². The first-order valence-electron chi connectivity index (χ1n) is 12.0. The van der Waals surface area contributed by atoms with Crippen molar-refractivity contribution in [2.45, 2.75) is 54.0 Å². The quantitative estimate of drug-likeness (QED) is 0.308. The van der Waals surface area contributed by atoms with Gasteiger partial charge in [-0.2, -0.15) is 5.26 Å². The van der Waals surface area contributed by atoms with Crippen molar-refractivity contribution in [2.75, 3.05) is 31.1 Å². The monoisotopic (exact) mass is 516 g/mol. The molecule has 2 fully saturated rings. The van der Waals surface area contributed by atoms with Crippen LogP contribution in [0, 0.1) is 30.1 Å². The van der Waals surface area contributed by atoms with E-state index >= 15 is 0 Å². The van der Waals surface area contributed by atoms with Crippen molar-refractivity contribution >= 4 is 52.1 Å². The van der Waals surface area contributed by atoms with E-state index in [1.807, 2.05) is 20.8 Å². The van der Waals surface area contributed by atoms with Gasteiger partial charge in [-0.15, -0.1) is 0 Å². The fourth-order valence-electron chi connectivity index (χ4n) is 4.52. The molecule has 0 N–H and O–H groups in total. The highest BCUT2D eigenvalue weighted by Gasteiger charge is 2.34. The average Bonchev–Trinajstić information content (AvgIpc) is 3.08. The molecule has 0 radical (unpaired) electrons. The first-order valence-corrected chi connectivity index (χ1v) is 13.2. The SMILES string of the molecule is CCOC(=O)C1CCN(c2c(/C=C3/SC(=S)N(CC(C)C)C3=O)c(C)c(C#N)c(=O)n2CC)CC1. The van der Waals surface area contributed by atoms with Gasteiger partial charge in [0.2, 0.25) is 0 Å². The van der Waals surface area contributed by atoms with Crippen LogP contribution in [0.3, 0.4) is 0 Å². The zero-order valence-corrected chi connectivity index (χ0v) is 22.6. The smallest absolute Gasteiger partial charge is 0.309 e. The predicted molar refractivity (Wildman–Crippen MR) is 142 cm³/mol. The molecule has 0 saturated carbocycles. The predicted octanol–water partition coefficient (Wildman–Crippen LogP) is 3.69. The molecular formula is C25H32N4O4S2. The number of rotatable bonds is 7. The second-order valence-corrected chi connectivity index (χ2v) is 10.8. The topological polar surface area (TPSA) is 95.6 Å². The van der Waals surface area contributed by atoms with E-state index in [1.54, 1.807) is 29.4 Å². The number of thiocarbonyl (C=S) groups is 1. The minimum atomic E-state index is -0.348. The zero-order chi connectivity index (χ0) is 25.9. The third kappa shape index (κ3) is 5.46. The average molecular weight is 517 g/mol. The Morgan fingerprint density at radius 1 is 1.29 bits per heavy atom. The lowest BCUT2D eigenvalue weighted by molar-refractivity contribution is -0.148. The van der Waals surface area contributed by atoms with Gasteiger partial charge in [0.1, 0.15) is 21.8 Å². The third-order valence-corrected chi connectivity index (χ3v) is 7.65. The molecule has 3 heterocycles. The Morgan fingerprint density at radius 2 is 1.94 bits per heavy atom. The normalized spacial score (nSPS) is 18.0. The van der Waals surface area contributed by atoms with Gasteiger partial charge in [-0.25, -0.2) is 0 Å². The Bertz CT molecular complexity index is 1160. The summed E-state index contributed by atoms with van der Waals surface area (Å²) in [5, 5.41) is 9.74. The molecule has 3 rings (SSSR count). The molecule has 0 unspecified atom stereocenters. The van der Waals surface area contributed by atoms with Crippen LogP contribution in [0.25, 0.3) is 6.08 Å². The summed E-state index contributed by atoms with van der Waals surface area (Å²) in [6.45, 7) is 11.8. The summed E-state index contributed by atoms with van der Waals surface area (Å²) in [6, 6.07) is 2.05. The van der Waals surface area contributed by atoms with Crippen LogP contribution < -0.4 is 10.5 Å². The van der Waals surface area contributed by atoms with Gasteiger partial charge in [0.25, 0.3) is 11.5 Å². The fourth-order valence-corrected chi connectivity index (χ4v) is 5.78. The number of piperidine rings is 1. The standard InChI is InChI=1S/C25H32N4O4S2/c1-6-28-21(27-10-8-17(9-11-27)24(32)33-7-2)18(16(5)19(13-26)22(28)30)12-20-23(31)29(14-15(3)4)25(34)35-20/h12,15,17H,6-11,14H2,1-5H3/b20-12+. The van der Waals surface area contributed by atoms with E-state index in [9.17, 15) is 19.6 Å². The fraction of sp³-hybridized carbons (Fsp3) is 0.560. The van der Waals surface area contributed by atoms with Gasteiger partial charge in [0, 0.05) is 31.7 Å². The Balaban J connectivity index is 2.09. The number of nitrogens with zero attached hydrogens (tertiary/aromatic N) is 4. The second kappa shape index (κ2) is 11.4. The molecule has 8 nitrogen and oxygen atoms in total. The van der Waals surface area contributed by atoms with Crippen molar-refractivity contribution in [3.05, 3.63) is 31.9 Å². The maximum atomic E-state index is 13.2. The number of carbonyl (C=O) groups excluding carboxylic acids is 2. The molecule has 0 bridgehead atoms. The van der Waals surface area contributed by atoms with Crippen molar-refractivity contribution in [3.63, 3.8) is 0 Å². The van der Waals surface area contributed by atoms with Gasteiger partial charge in [0.05, 0.1) is 17.4 Å².